The standard InChI is InChI=1S/C20H18FN3O4S/c1-28-16-7-6-11(8-14(16)21)15-10-29-20(22-15)23-17(25)9-24-18(26)12-4-2-3-5-13(12)19(24)27/h2-3,6-8,10,12-13H,4-5,9H2,1H3,(H,22,23,25). The van der Waals surface area contributed by atoms with Gasteiger partial charge in [-0.25, -0.2) is 9.37 Å². The molecule has 2 heterocycles. The van der Waals surface area contributed by atoms with Crippen molar-refractivity contribution in [3.63, 3.8) is 0 Å². The van der Waals surface area contributed by atoms with Gasteiger partial charge in [-0.15, -0.1) is 11.3 Å². The van der Waals surface area contributed by atoms with Crippen LogP contribution in [0.3, 0.4) is 0 Å². The van der Waals surface area contributed by atoms with Gasteiger partial charge in [0.15, 0.2) is 16.7 Å². The molecular weight excluding hydrogens is 397 g/mol. The van der Waals surface area contributed by atoms with Crippen LogP contribution in [0.2, 0.25) is 0 Å². The third-order valence-electron chi connectivity index (χ3n) is 5.10. The van der Waals surface area contributed by atoms with Gasteiger partial charge in [0.2, 0.25) is 17.7 Å². The molecule has 2 atom stereocenters. The third kappa shape index (κ3) is 3.65. The van der Waals surface area contributed by atoms with Crippen LogP contribution in [0, 0.1) is 17.7 Å². The van der Waals surface area contributed by atoms with E-state index in [1.54, 1.807) is 11.4 Å². The fourth-order valence-corrected chi connectivity index (χ4v) is 4.35. The Labute approximate surface area is 170 Å². The molecule has 1 N–H and O–H groups in total. The fourth-order valence-electron chi connectivity index (χ4n) is 3.62. The Hall–Kier alpha value is -3.07. The minimum absolute atomic E-state index is 0.133. The van der Waals surface area contributed by atoms with Gasteiger partial charge in [-0.2, -0.15) is 0 Å². The first-order chi connectivity index (χ1) is 14.0. The van der Waals surface area contributed by atoms with Crippen LogP contribution in [0.4, 0.5) is 9.52 Å². The highest BCUT2D eigenvalue weighted by molar-refractivity contribution is 7.14. The molecule has 7 nitrogen and oxygen atoms in total. The molecule has 0 spiro atoms. The lowest BCUT2D eigenvalue weighted by Crippen LogP contribution is -2.38. The normalized spacial score (nSPS) is 20.7. The second-order valence-electron chi connectivity index (χ2n) is 6.85. The van der Waals surface area contributed by atoms with Crippen LogP contribution in [0.25, 0.3) is 11.3 Å². The van der Waals surface area contributed by atoms with E-state index in [4.69, 9.17) is 4.74 Å². The predicted molar refractivity (Wildman–Crippen MR) is 105 cm³/mol. The number of rotatable bonds is 5. The molecule has 0 bridgehead atoms. The maximum absolute atomic E-state index is 13.9. The molecule has 2 aliphatic rings. The number of nitrogens with zero attached hydrogens (tertiary/aromatic N) is 2. The van der Waals surface area contributed by atoms with Crippen molar-refractivity contribution in [3.8, 4) is 17.0 Å². The number of carbonyl (C=O) groups is 3. The van der Waals surface area contributed by atoms with E-state index in [0.717, 1.165) is 4.90 Å². The molecule has 1 aromatic heterocycles. The molecule has 2 aromatic rings. The van der Waals surface area contributed by atoms with Crippen molar-refractivity contribution in [3.05, 3.63) is 41.5 Å². The van der Waals surface area contributed by atoms with Crippen molar-refractivity contribution in [2.24, 2.45) is 11.8 Å². The van der Waals surface area contributed by atoms with Gasteiger partial charge in [0, 0.05) is 10.9 Å². The number of anilines is 1. The van der Waals surface area contributed by atoms with Crippen molar-refractivity contribution in [1.29, 1.82) is 0 Å². The van der Waals surface area contributed by atoms with E-state index in [1.807, 2.05) is 12.2 Å². The van der Waals surface area contributed by atoms with Crippen LogP contribution >= 0.6 is 11.3 Å². The highest BCUT2D eigenvalue weighted by atomic mass is 32.1. The number of fused-ring (bicyclic) bond motifs is 1. The lowest BCUT2D eigenvalue weighted by molar-refractivity contribution is -0.142. The molecule has 150 valence electrons. The third-order valence-corrected chi connectivity index (χ3v) is 5.86. The number of aromatic nitrogens is 1. The summed E-state index contributed by atoms with van der Waals surface area (Å²) < 4.78 is 18.8. The quantitative estimate of drug-likeness (QED) is 0.599. The van der Waals surface area contributed by atoms with Crippen LogP contribution in [-0.2, 0) is 14.4 Å². The highest BCUT2D eigenvalue weighted by Crippen LogP contribution is 2.35. The summed E-state index contributed by atoms with van der Waals surface area (Å²) in [5.41, 5.74) is 1.04. The van der Waals surface area contributed by atoms with E-state index >= 15 is 0 Å². The summed E-state index contributed by atoms with van der Waals surface area (Å²) in [5, 5.41) is 4.60. The Morgan fingerprint density at radius 3 is 2.59 bits per heavy atom. The summed E-state index contributed by atoms with van der Waals surface area (Å²) in [7, 11) is 1.38. The SMILES string of the molecule is COc1ccc(-c2csc(NC(=O)CN3C(=O)C4CC=CCC4C3=O)n2)cc1F. The van der Waals surface area contributed by atoms with E-state index in [1.165, 1.54) is 30.6 Å². The molecule has 4 rings (SSSR count). The maximum atomic E-state index is 13.9. The Morgan fingerprint density at radius 1 is 1.28 bits per heavy atom. The maximum Gasteiger partial charge on any atom is 0.246 e. The molecule has 0 radical (unpaired) electrons. The summed E-state index contributed by atoms with van der Waals surface area (Å²) in [6.45, 7) is -0.337. The molecule has 1 aliphatic carbocycles. The number of hydrogen-bond acceptors (Lipinski definition) is 6. The predicted octanol–water partition coefficient (Wildman–Crippen LogP) is 2.85. The fraction of sp³-hybridized carbons (Fsp3) is 0.300. The minimum atomic E-state index is -0.509. The topological polar surface area (TPSA) is 88.6 Å². The van der Waals surface area contributed by atoms with Crippen LogP contribution in [0.5, 0.6) is 5.75 Å². The number of methoxy groups -OCH3 is 1. The van der Waals surface area contributed by atoms with Crippen LogP contribution in [0.1, 0.15) is 12.8 Å². The smallest absolute Gasteiger partial charge is 0.246 e. The summed E-state index contributed by atoms with van der Waals surface area (Å²) in [6.07, 6.45) is 4.85. The van der Waals surface area contributed by atoms with Gasteiger partial charge in [-0.3, -0.25) is 19.3 Å². The van der Waals surface area contributed by atoms with Gasteiger partial charge in [-0.1, -0.05) is 12.2 Å². The number of amides is 3. The van der Waals surface area contributed by atoms with E-state index in [2.05, 4.69) is 10.3 Å². The number of hydrogen-bond donors (Lipinski definition) is 1. The first-order valence-corrected chi connectivity index (χ1v) is 9.95. The van der Waals surface area contributed by atoms with Crippen LogP contribution in [0.15, 0.2) is 35.7 Å². The van der Waals surface area contributed by atoms with Gasteiger partial charge in [-0.05, 0) is 31.0 Å². The number of halogens is 1. The molecule has 1 aromatic carbocycles. The lowest BCUT2D eigenvalue weighted by atomic mass is 9.85. The van der Waals surface area contributed by atoms with Gasteiger partial charge in [0.05, 0.1) is 24.6 Å². The average Bonchev–Trinajstić information content (AvgIpc) is 3.27. The summed E-state index contributed by atoms with van der Waals surface area (Å²) in [5.74, 6) is -2.20. The van der Waals surface area contributed by atoms with Crippen molar-refractivity contribution in [2.45, 2.75) is 12.8 Å². The number of benzene rings is 1. The zero-order valence-electron chi connectivity index (χ0n) is 15.6. The van der Waals surface area contributed by atoms with Crippen LogP contribution in [-0.4, -0.2) is 41.3 Å². The van der Waals surface area contributed by atoms with Crippen LogP contribution < -0.4 is 10.1 Å². The van der Waals surface area contributed by atoms with E-state index < -0.39 is 11.7 Å². The second kappa shape index (κ2) is 7.75. The number of likely N-dealkylation sites (tertiary alicyclic amines) is 1. The Bertz CT molecular complexity index is 993. The molecule has 2 unspecified atom stereocenters. The minimum Gasteiger partial charge on any atom is -0.494 e. The summed E-state index contributed by atoms with van der Waals surface area (Å²) >= 11 is 1.17. The molecule has 1 saturated heterocycles. The monoisotopic (exact) mass is 415 g/mol. The van der Waals surface area contributed by atoms with Gasteiger partial charge >= 0.3 is 0 Å². The first-order valence-electron chi connectivity index (χ1n) is 9.07. The van der Waals surface area contributed by atoms with Crippen molar-refractivity contribution in [2.75, 3.05) is 19.0 Å². The van der Waals surface area contributed by atoms with Crippen molar-refractivity contribution >= 4 is 34.2 Å². The summed E-state index contributed by atoms with van der Waals surface area (Å²) in [6, 6.07) is 4.47. The number of nitrogens with one attached hydrogen (secondary N) is 1. The molecule has 3 amide bonds. The zero-order chi connectivity index (χ0) is 20.5. The van der Waals surface area contributed by atoms with E-state index in [0.29, 0.717) is 29.2 Å². The lowest BCUT2D eigenvalue weighted by Gasteiger charge is -2.14. The number of imide groups is 1. The average molecular weight is 415 g/mol. The van der Waals surface area contributed by atoms with E-state index in [9.17, 15) is 18.8 Å². The second-order valence-corrected chi connectivity index (χ2v) is 7.71. The number of ether oxygens (including phenoxy) is 1. The molecule has 1 aliphatic heterocycles. The number of allylic oxidation sites excluding steroid dienone is 2. The molecule has 0 saturated carbocycles. The molecule has 9 heteroatoms. The summed E-state index contributed by atoms with van der Waals surface area (Å²) in [4.78, 5) is 42.6. The van der Waals surface area contributed by atoms with Gasteiger partial charge in [0.1, 0.15) is 6.54 Å². The number of thiazole rings is 1. The Balaban J connectivity index is 1.41. The largest absolute Gasteiger partial charge is 0.494 e. The van der Waals surface area contributed by atoms with Crippen molar-refractivity contribution in [1.82, 2.24) is 9.88 Å². The zero-order valence-corrected chi connectivity index (χ0v) is 16.4. The van der Waals surface area contributed by atoms with E-state index in [-0.39, 0.29) is 35.9 Å². The Kier molecular flexibility index (Phi) is 5.14. The number of carbonyl (C=O) groups excluding carboxylic acids is 3. The van der Waals surface area contributed by atoms with Gasteiger partial charge in [0.25, 0.3) is 0 Å². The first kappa shape index (κ1) is 19.3. The molecule has 29 heavy (non-hydrogen) atoms. The molecular formula is C20H18FN3O4S. The van der Waals surface area contributed by atoms with Gasteiger partial charge < -0.3 is 10.1 Å². The Morgan fingerprint density at radius 2 is 1.97 bits per heavy atom. The highest BCUT2D eigenvalue weighted by Gasteiger charge is 2.47. The molecule has 1 fully saturated rings. The van der Waals surface area contributed by atoms with Crippen molar-refractivity contribution < 1.29 is 23.5 Å².